The third-order valence-corrected chi connectivity index (χ3v) is 4.20. The van der Waals surface area contributed by atoms with E-state index in [0.29, 0.717) is 10.6 Å². The van der Waals surface area contributed by atoms with E-state index >= 15 is 0 Å². The Morgan fingerprint density at radius 3 is 2.20 bits per heavy atom. The van der Waals surface area contributed by atoms with Crippen LogP contribution in [0.5, 0.6) is 0 Å². The molecule has 2 aromatic rings. The predicted molar refractivity (Wildman–Crippen MR) is 81.0 cm³/mol. The Hall–Kier alpha value is -2.34. The van der Waals surface area contributed by atoms with E-state index in [1.165, 1.54) is 11.3 Å². The number of nitrogens with one attached hydrogen (secondary N) is 1. The van der Waals surface area contributed by atoms with E-state index in [4.69, 9.17) is 11.5 Å². The summed E-state index contributed by atoms with van der Waals surface area (Å²) in [6.07, 6.45) is 0. The SMILES string of the molecule is Cc1ccc(-c2sc(NC(N)=O)c(C(N)=O)c2C)cc1. The lowest BCUT2D eigenvalue weighted by Crippen LogP contribution is -2.21. The third kappa shape index (κ3) is 2.65. The van der Waals surface area contributed by atoms with Gasteiger partial charge >= 0.3 is 6.03 Å². The maximum Gasteiger partial charge on any atom is 0.317 e. The van der Waals surface area contributed by atoms with Crippen LogP contribution in [0.15, 0.2) is 24.3 Å². The van der Waals surface area contributed by atoms with Gasteiger partial charge in [-0.2, -0.15) is 0 Å². The van der Waals surface area contributed by atoms with Crippen molar-refractivity contribution in [2.45, 2.75) is 13.8 Å². The fourth-order valence-corrected chi connectivity index (χ4v) is 3.21. The molecule has 0 unspecified atom stereocenters. The van der Waals surface area contributed by atoms with Crippen LogP contribution >= 0.6 is 11.3 Å². The maximum atomic E-state index is 11.6. The number of aryl methyl sites for hydroxylation is 1. The molecule has 104 valence electrons. The van der Waals surface area contributed by atoms with E-state index in [9.17, 15) is 9.59 Å². The fraction of sp³-hybridized carbons (Fsp3) is 0.143. The molecule has 0 spiro atoms. The maximum absolute atomic E-state index is 11.6. The molecule has 0 saturated heterocycles. The van der Waals surface area contributed by atoms with Gasteiger partial charge in [0.2, 0.25) is 0 Å². The lowest BCUT2D eigenvalue weighted by atomic mass is 10.1. The predicted octanol–water partition coefficient (Wildman–Crippen LogP) is 2.62. The van der Waals surface area contributed by atoms with Crippen LogP contribution in [0.4, 0.5) is 9.80 Å². The first-order valence-corrected chi connectivity index (χ1v) is 6.78. The largest absolute Gasteiger partial charge is 0.365 e. The summed E-state index contributed by atoms with van der Waals surface area (Å²) in [5, 5.41) is 2.84. The first kappa shape index (κ1) is 14.1. The van der Waals surface area contributed by atoms with Crippen LogP contribution in [-0.4, -0.2) is 11.9 Å². The summed E-state index contributed by atoms with van der Waals surface area (Å²) >= 11 is 1.29. The van der Waals surface area contributed by atoms with Crippen molar-refractivity contribution < 1.29 is 9.59 Å². The highest BCUT2D eigenvalue weighted by molar-refractivity contribution is 7.20. The monoisotopic (exact) mass is 289 g/mol. The van der Waals surface area contributed by atoms with E-state index in [0.717, 1.165) is 21.6 Å². The van der Waals surface area contributed by atoms with Crippen molar-refractivity contribution in [3.63, 3.8) is 0 Å². The number of hydrogen-bond donors (Lipinski definition) is 3. The van der Waals surface area contributed by atoms with Gasteiger partial charge in [0.15, 0.2) is 0 Å². The Morgan fingerprint density at radius 1 is 1.10 bits per heavy atom. The van der Waals surface area contributed by atoms with Crippen molar-refractivity contribution in [3.8, 4) is 10.4 Å². The van der Waals surface area contributed by atoms with Crippen molar-refractivity contribution in [1.82, 2.24) is 0 Å². The van der Waals surface area contributed by atoms with E-state index in [-0.39, 0.29) is 0 Å². The van der Waals surface area contributed by atoms with Crippen LogP contribution in [0.2, 0.25) is 0 Å². The molecule has 0 radical (unpaired) electrons. The summed E-state index contributed by atoms with van der Waals surface area (Å²) in [5.74, 6) is -0.583. The van der Waals surface area contributed by atoms with Gasteiger partial charge in [-0.05, 0) is 25.0 Å². The van der Waals surface area contributed by atoms with Crippen LogP contribution in [0, 0.1) is 13.8 Å². The normalized spacial score (nSPS) is 10.3. The Kier molecular flexibility index (Phi) is 3.76. The van der Waals surface area contributed by atoms with Gasteiger partial charge in [-0.15, -0.1) is 11.3 Å². The number of amides is 3. The molecule has 0 aliphatic heterocycles. The van der Waals surface area contributed by atoms with Crippen LogP contribution in [-0.2, 0) is 0 Å². The molecule has 0 atom stereocenters. The average molecular weight is 289 g/mol. The average Bonchev–Trinajstić information content (AvgIpc) is 2.66. The second kappa shape index (κ2) is 5.34. The second-order valence-electron chi connectivity index (χ2n) is 4.48. The van der Waals surface area contributed by atoms with E-state index in [1.807, 2.05) is 31.2 Å². The Balaban J connectivity index is 2.57. The molecule has 0 aliphatic carbocycles. The molecule has 0 saturated carbocycles. The van der Waals surface area contributed by atoms with Crippen LogP contribution in [0.1, 0.15) is 21.5 Å². The zero-order valence-corrected chi connectivity index (χ0v) is 12.0. The molecule has 0 fully saturated rings. The summed E-state index contributed by atoms with van der Waals surface area (Å²) in [7, 11) is 0. The lowest BCUT2D eigenvalue weighted by Gasteiger charge is -2.01. The van der Waals surface area contributed by atoms with Crippen molar-refractivity contribution in [1.29, 1.82) is 0 Å². The standard InChI is InChI=1S/C14H15N3O2S/c1-7-3-5-9(6-4-7)11-8(2)10(12(15)18)13(20-11)17-14(16)19/h3-6H,1-2H3,(H2,15,18)(H3,16,17,19). The van der Waals surface area contributed by atoms with Crippen LogP contribution < -0.4 is 16.8 Å². The summed E-state index contributed by atoms with van der Waals surface area (Å²) < 4.78 is 0. The molecule has 3 amide bonds. The molecule has 1 heterocycles. The summed E-state index contributed by atoms with van der Waals surface area (Å²) in [6.45, 7) is 3.80. The van der Waals surface area contributed by atoms with E-state index in [1.54, 1.807) is 6.92 Å². The summed E-state index contributed by atoms with van der Waals surface area (Å²) in [5.41, 5.74) is 13.7. The minimum absolute atomic E-state index is 0.310. The highest BCUT2D eigenvalue weighted by Gasteiger charge is 2.20. The van der Waals surface area contributed by atoms with Crippen LogP contribution in [0.3, 0.4) is 0 Å². The summed E-state index contributed by atoms with van der Waals surface area (Å²) in [4.78, 5) is 23.5. The van der Waals surface area contributed by atoms with Crippen molar-refractivity contribution in [3.05, 3.63) is 41.0 Å². The van der Waals surface area contributed by atoms with Gasteiger partial charge in [-0.25, -0.2) is 4.79 Å². The number of carbonyl (C=O) groups is 2. The topological polar surface area (TPSA) is 98.2 Å². The number of hydrogen-bond acceptors (Lipinski definition) is 3. The molecule has 1 aromatic heterocycles. The van der Waals surface area contributed by atoms with Crippen molar-refractivity contribution in [2.75, 3.05) is 5.32 Å². The van der Waals surface area contributed by atoms with Crippen molar-refractivity contribution >= 4 is 28.3 Å². The molecule has 0 aliphatic rings. The smallest absolute Gasteiger partial charge is 0.317 e. The van der Waals surface area contributed by atoms with E-state index in [2.05, 4.69) is 5.32 Å². The number of primary amides is 2. The second-order valence-corrected chi connectivity index (χ2v) is 5.50. The quantitative estimate of drug-likeness (QED) is 0.809. The molecule has 2 rings (SSSR count). The molecule has 20 heavy (non-hydrogen) atoms. The van der Waals surface area contributed by atoms with Gasteiger partial charge in [-0.1, -0.05) is 29.8 Å². The van der Waals surface area contributed by atoms with Gasteiger partial charge in [0.05, 0.1) is 5.56 Å². The number of rotatable bonds is 3. The van der Waals surface area contributed by atoms with Gasteiger partial charge in [0.1, 0.15) is 5.00 Å². The number of anilines is 1. The van der Waals surface area contributed by atoms with Gasteiger partial charge in [0.25, 0.3) is 5.91 Å². The first-order chi connectivity index (χ1) is 9.40. The van der Waals surface area contributed by atoms with Gasteiger partial charge < -0.3 is 11.5 Å². The molecule has 5 N–H and O–H groups in total. The zero-order chi connectivity index (χ0) is 14.9. The van der Waals surface area contributed by atoms with Crippen LogP contribution in [0.25, 0.3) is 10.4 Å². The fourth-order valence-electron chi connectivity index (χ4n) is 1.99. The summed E-state index contributed by atoms with van der Waals surface area (Å²) in [6, 6.07) is 7.18. The number of carbonyl (C=O) groups excluding carboxylic acids is 2. The van der Waals surface area contributed by atoms with Gasteiger partial charge in [-0.3, -0.25) is 10.1 Å². The zero-order valence-electron chi connectivity index (χ0n) is 11.2. The molecule has 5 nitrogen and oxygen atoms in total. The molecule has 0 bridgehead atoms. The van der Waals surface area contributed by atoms with Gasteiger partial charge in [0, 0.05) is 4.88 Å². The third-order valence-electron chi connectivity index (χ3n) is 2.94. The number of thiophene rings is 1. The molecule has 1 aromatic carbocycles. The minimum Gasteiger partial charge on any atom is -0.365 e. The Morgan fingerprint density at radius 2 is 1.70 bits per heavy atom. The lowest BCUT2D eigenvalue weighted by molar-refractivity contribution is 0.100. The highest BCUT2D eigenvalue weighted by Crippen LogP contribution is 2.39. The number of benzene rings is 1. The number of urea groups is 1. The minimum atomic E-state index is -0.718. The molecular weight excluding hydrogens is 274 g/mol. The van der Waals surface area contributed by atoms with Crippen molar-refractivity contribution in [2.24, 2.45) is 11.5 Å². The van der Waals surface area contributed by atoms with E-state index < -0.39 is 11.9 Å². The molecule has 6 heteroatoms. The Labute approximate surface area is 120 Å². The molecular formula is C14H15N3O2S. The highest BCUT2D eigenvalue weighted by atomic mass is 32.1. The Bertz CT molecular complexity index is 674. The first-order valence-electron chi connectivity index (χ1n) is 5.97. The number of nitrogens with two attached hydrogens (primary N) is 2.